The molecular weight excluding hydrogens is 512 g/mol. The Hall–Kier alpha value is -3.65. The maximum Gasteiger partial charge on any atom is 0.350 e. The van der Waals surface area contributed by atoms with Gasteiger partial charge in [0.05, 0.1) is 18.5 Å². The van der Waals surface area contributed by atoms with Gasteiger partial charge in [-0.05, 0) is 48.9 Å². The highest BCUT2D eigenvalue weighted by atomic mass is 32.1. The molecule has 3 aromatic rings. The lowest BCUT2D eigenvalue weighted by Crippen LogP contribution is -2.57. The lowest BCUT2D eigenvalue weighted by atomic mass is 9.78. The van der Waals surface area contributed by atoms with Crippen molar-refractivity contribution in [2.75, 3.05) is 16.9 Å². The van der Waals surface area contributed by atoms with E-state index in [-0.39, 0.29) is 35.9 Å². The molecule has 1 saturated heterocycles. The third-order valence-electron chi connectivity index (χ3n) is 7.96. The van der Waals surface area contributed by atoms with Crippen molar-refractivity contribution in [3.8, 4) is 16.2 Å². The van der Waals surface area contributed by atoms with Gasteiger partial charge in [-0.2, -0.15) is 0 Å². The van der Waals surface area contributed by atoms with Crippen molar-refractivity contribution in [2.24, 2.45) is 5.92 Å². The smallest absolute Gasteiger partial charge is 0.350 e. The summed E-state index contributed by atoms with van der Waals surface area (Å²) < 4.78 is 5.15. The summed E-state index contributed by atoms with van der Waals surface area (Å²) in [4.78, 5) is 44.7. The molecule has 8 heteroatoms. The van der Waals surface area contributed by atoms with Crippen LogP contribution < -0.4 is 9.80 Å². The summed E-state index contributed by atoms with van der Waals surface area (Å²) in [5.41, 5.74) is 1.97. The van der Waals surface area contributed by atoms with E-state index in [1.54, 1.807) is 29.2 Å². The highest BCUT2D eigenvalue weighted by Crippen LogP contribution is 2.44. The number of amides is 2. The van der Waals surface area contributed by atoms with E-state index in [2.05, 4.69) is 0 Å². The van der Waals surface area contributed by atoms with E-state index < -0.39 is 12.0 Å². The number of nitrogens with zero attached hydrogens (tertiary/aromatic N) is 2. The topological polar surface area (TPSA) is 87.2 Å². The first-order chi connectivity index (χ1) is 18.9. The van der Waals surface area contributed by atoms with Crippen molar-refractivity contribution in [3.63, 3.8) is 0 Å². The molecule has 5 rings (SSSR count). The van der Waals surface area contributed by atoms with Gasteiger partial charge in [-0.3, -0.25) is 9.59 Å². The Balaban J connectivity index is 1.58. The Morgan fingerprint density at radius 1 is 1.03 bits per heavy atom. The van der Waals surface area contributed by atoms with Crippen LogP contribution in [0.2, 0.25) is 0 Å². The normalized spacial score (nSPS) is 20.1. The van der Waals surface area contributed by atoms with Crippen molar-refractivity contribution < 1.29 is 24.2 Å². The molecule has 2 heterocycles. The number of benzene rings is 2. The average Bonchev–Trinajstić information content (AvgIpc) is 3.39. The van der Waals surface area contributed by atoms with E-state index in [0.29, 0.717) is 22.7 Å². The van der Waals surface area contributed by atoms with Crippen molar-refractivity contribution in [1.82, 2.24) is 0 Å². The number of hydrogen-bond acceptors (Lipinski definition) is 6. The number of piperidine rings is 1. The number of aromatic hydroxyl groups is 1. The van der Waals surface area contributed by atoms with Crippen molar-refractivity contribution in [1.29, 1.82) is 0 Å². The third kappa shape index (κ3) is 5.43. The van der Waals surface area contributed by atoms with Crippen molar-refractivity contribution in [2.45, 2.75) is 64.0 Å². The molecule has 2 aromatic carbocycles. The van der Waals surface area contributed by atoms with Crippen LogP contribution in [0, 0.1) is 5.92 Å². The van der Waals surface area contributed by atoms with Gasteiger partial charge in [0, 0.05) is 30.3 Å². The number of phenols is 1. The zero-order valence-corrected chi connectivity index (χ0v) is 23.2. The van der Waals surface area contributed by atoms with Gasteiger partial charge in [0.15, 0.2) is 0 Å². The summed E-state index contributed by atoms with van der Waals surface area (Å²) in [5, 5.41) is 10.6. The molecule has 2 unspecified atom stereocenters. The summed E-state index contributed by atoms with van der Waals surface area (Å²) in [6, 6.07) is 17.9. The number of carbonyl (C=O) groups excluding carboxylic acids is 3. The van der Waals surface area contributed by atoms with Crippen LogP contribution in [-0.4, -0.2) is 42.1 Å². The third-order valence-corrected chi connectivity index (χ3v) is 9.12. The quantitative estimate of drug-likeness (QED) is 0.361. The largest absolute Gasteiger partial charge is 0.506 e. The first-order valence-electron chi connectivity index (χ1n) is 13.6. The maximum absolute atomic E-state index is 14.1. The number of ether oxygens (including phenoxy) is 1. The van der Waals surface area contributed by atoms with Crippen molar-refractivity contribution in [3.05, 3.63) is 65.5 Å². The fourth-order valence-electron chi connectivity index (χ4n) is 6.22. The molecular formula is C31H34N2O5S. The van der Waals surface area contributed by atoms with Crippen LogP contribution in [0.15, 0.2) is 60.7 Å². The second-order valence-corrected chi connectivity index (χ2v) is 11.4. The van der Waals surface area contributed by atoms with Crippen LogP contribution in [0.1, 0.15) is 61.5 Å². The van der Waals surface area contributed by atoms with Crippen LogP contribution in [0.5, 0.6) is 5.75 Å². The minimum absolute atomic E-state index is 0.00936. The maximum atomic E-state index is 14.1. The lowest BCUT2D eigenvalue weighted by Gasteiger charge is -2.46. The predicted molar refractivity (Wildman–Crippen MR) is 153 cm³/mol. The van der Waals surface area contributed by atoms with Crippen LogP contribution in [0.3, 0.4) is 0 Å². The van der Waals surface area contributed by atoms with Gasteiger partial charge in [-0.25, -0.2) is 4.79 Å². The van der Waals surface area contributed by atoms with E-state index in [0.717, 1.165) is 36.1 Å². The number of carbonyl (C=O) groups is 3. The van der Waals surface area contributed by atoms with E-state index in [1.807, 2.05) is 41.3 Å². The summed E-state index contributed by atoms with van der Waals surface area (Å²) in [5.74, 6) is -0.563. The van der Waals surface area contributed by atoms with Gasteiger partial charge < -0.3 is 19.6 Å². The number of phenolic OH excluding ortho intramolecular Hbond substituents is 1. The first-order valence-corrected chi connectivity index (χ1v) is 14.4. The average molecular weight is 547 g/mol. The molecule has 2 aliphatic rings. The molecule has 7 nitrogen and oxygen atoms in total. The summed E-state index contributed by atoms with van der Waals surface area (Å²) in [6.45, 7) is 1.47. The molecule has 2 atom stereocenters. The van der Waals surface area contributed by atoms with Gasteiger partial charge in [-0.1, -0.05) is 61.7 Å². The number of hydrogen-bond donors (Lipinski definition) is 1. The molecule has 39 heavy (non-hydrogen) atoms. The number of thiophene rings is 1. The van der Waals surface area contributed by atoms with Crippen LogP contribution >= 0.6 is 11.3 Å². The molecule has 1 aliphatic heterocycles. The molecule has 0 bridgehead atoms. The number of esters is 1. The standard InChI is InChI=1S/C31H34N2O5S/c1-20(34)32(24-15-9-10-16-27(24)35)23-17-25(21-11-5-3-6-12-21)33(29(36)18-23)26-19-28(22-13-7-4-8-14-22)39-30(26)31(37)38-2/h4,7-10,13-16,19,21,23,25,35H,3,5-6,11-12,17-18H2,1-2H3. The molecule has 0 spiro atoms. The summed E-state index contributed by atoms with van der Waals surface area (Å²) in [6.07, 6.45) is 5.97. The second kappa shape index (κ2) is 11.6. The molecule has 1 aliphatic carbocycles. The van der Waals surface area contributed by atoms with Gasteiger partial charge >= 0.3 is 5.97 Å². The fourth-order valence-corrected chi connectivity index (χ4v) is 7.29. The van der Waals surface area contributed by atoms with E-state index in [1.165, 1.54) is 31.8 Å². The Labute approximate surface area is 233 Å². The van der Waals surface area contributed by atoms with Crippen LogP contribution in [0.25, 0.3) is 10.4 Å². The predicted octanol–water partition coefficient (Wildman–Crippen LogP) is 6.40. The SMILES string of the molecule is COC(=O)c1sc(-c2ccccc2)cc1N1C(=O)CC(N(C(C)=O)c2ccccc2O)CC1C1CCCCC1. The lowest BCUT2D eigenvalue weighted by molar-refractivity contribution is -0.122. The molecule has 204 valence electrons. The highest BCUT2D eigenvalue weighted by molar-refractivity contribution is 7.18. The van der Waals surface area contributed by atoms with Gasteiger partial charge in [0.2, 0.25) is 11.8 Å². The highest BCUT2D eigenvalue weighted by Gasteiger charge is 2.44. The number of para-hydroxylation sites is 2. The van der Waals surface area contributed by atoms with E-state index in [4.69, 9.17) is 4.74 Å². The Morgan fingerprint density at radius 3 is 2.38 bits per heavy atom. The monoisotopic (exact) mass is 546 g/mol. The second-order valence-electron chi connectivity index (χ2n) is 10.4. The zero-order valence-electron chi connectivity index (χ0n) is 22.3. The Bertz CT molecular complexity index is 1350. The van der Waals surface area contributed by atoms with Gasteiger partial charge in [-0.15, -0.1) is 11.3 Å². The molecule has 0 radical (unpaired) electrons. The molecule has 1 saturated carbocycles. The zero-order chi connectivity index (χ0) is 27.5. The molecule has 2 fully saturated rings. The van der Waals surface area contributed by atoms with Crippen LogP contribution in [-0.2, 0) is 14.3 Å². The number of methoxy groups -OCH3 is 1. The summed E-state index contributed by atoms with van der Waals surface area (Å²) >= 11 is 1.33. The van der Waals surface area contributed by atoms with Crippen molar-refractivity contribution >= 4 is 40.5 Å². The van der Waals surface area contributed by atoms with Gasteiger partial charge in [0.1, 0.15) is 10.6 Å². The minimum atomic E-state index is -0.464. The molecule has 2 amide bonds. The Morgan fingerprint density at radius 2 is 1.72 bits per heavy atom. The first kappa shape index (κ1) is 26.9. The van der Waals surface area contributed by atoms with E-state index in [9.17, 15) is 19.5 Å². The van der Waals surface area contributed by atoms with E-state index >= 15 is 0 Å². The number of rotatable bonds is 6. The fraction of sp³-hybridized carbons (Fsp3) is 0.387. The minimum Gasteiger partial charge on any atom is -0.506 e. The Kier molecular flexibility index (Phi) is 8.02. The summed E-state index contributed by atoms with van der Waals surface area (Å²) in [7, 11) is 1.36. The van der Waals surface area contributed by atoms with Crippen LogP contribution in [0.4, 0.5) is 11.4 Å². The number of anilines is 2. The molecule has 1 aromatic heterocycles. The molecule has 1 N–H and O–H groups in total. The van der Waals surface area contributed by atoms with Gasteiger partial charge in [0.25, 0.3) is 0 Å².